The van der Waals surface area contributed by atoms with Gasteiger partial charge in [0.05, 0.1) is 6.54 Å². The molecule has 3 aliphatic rings. The minimum atomic E-state index is 0.186. The van der Waals surface area contributed by atoms with Crippen LogP contribution in [0.25, 0.3) is 0 Å². The summed E-state index contributed by atoms with van der Waals surface area (Å²) < 4.78 is 2.16. The van der Waals surface area contributed by atoms with Crippen molar-refractivity contribution in [2.24, 2.45) is 16.7 Å². The van der Waals surface area contributed by atoms with Gasteiger partial charge in [0.25, 0.3) is 0 Å². The number of carbonyl (C=O) groups is 1. The molecule has 2 atom stereocenters. The highest BCUT2D eigenvalue weighted by Gasteiger charge is 2.61. The molecule has 2 heterocycles. The molecule has 2 unspecified atom stereocenters. The number of aryl methyl sites for hydroxylation is 1. The zero-order valence-corrected chi connectivity index (χ0v) is 15.2. The number of nitrogens with zero attached hydrogens (tertiary/aromatic N) is 3. The number of rotatable bonds is 5. The van der Waals surface area contributed by atoms with Crippen molar-refractivity contribution in [1.82, 2.24) is 19.8 Å². The monoisotopic (exact) mass is 330 g/mol. The minimum Gasteiger partial charge on any atom is -0.334 e. The maximum atomic E-state index is 13.2. The van der Waals surface area contributed by atoms with Crippen molar-refractivity contribution in [3.8, 4) is 0 Å². The van der Waals surface area contributed by atoms with Crippen LogP contribution in [0.15, 0.2) is 12.4 Å². The van der Waals surface area contributed by atoms with E-state index in [9.17, 15) is 4.79 Å². The largest absolute Gasteiger partial charge is 0.334 e. The molecule has 132 valence electrons. The van der Waals surface area contributed by atoms with E-state index in [4.69, 9.17) is 0 Å². The molecule has 5 nitrogen and oxygen atoms in total. The fraction of sp³-hybridized carbons (Fsp3) is 0.789. The van der Waals surface area contributed by atoms with E-state index in [1.54, 1.807) is 0 Å². The second-order valence-electron chi connectivity index (χ2n) is 8.67. The Labute approximate surface area is 144 Å². The molecule has 0 aromatic carbocycles. The molecule has 3 fully saturated rings. The topological polar surface area (TPSA) is 50.2 Å². The Morgan fingerprint density at radius 3 is 2.71 bits per heavy atom. The number of hydrogen-bond acceptors (Lipinski definition) is 3. The number of imidazole rings is 1. The van der Waals surface area contributed by atoms with Crippen molar-refractivity contribution in [2.45, 2.75) is 65.6 Å². The summed E-state index contributed by atoms with van der Waals surface area (Å²) in [7, 11) is 0. The molecule has 1 aromatic heterocycles. The van der Waals surface area contributed by atoms with Crippen LogP contribution in [0.1, 0.15) is 52.3 Å². The van der Waals surface area contributed by atoms with Gasteiger partial charge in [0, 0.05) is 30.9 Å². The van der Waals surface area contributed by atoms with Crippen LogP contribution in [-0.4, -0.2) is 39.5 Å². The first-order chi connectivity index (χ1) is 11.5. The van der Waals surface area contributed by atoms with Crippen LogP contribution in [0, 0.1) is 16.7 Å². The van der Waals surface area contributed by atoms with Crippen LogP contribution in [-0.2, 0) is 17.9 Å². The van der Waals surface area contributed by atoms with Gasteiger partial charge >= 0.3 is 0 Å². The number of aromatic nitrogens is 2. The number of nitrogens with one attached hydrogen (secondary N) is 1. The predicted molar refractivity (Wildman–Crippen MR) is 93.3 cm³/mol. The van der Waals surface area contributed by atoms with Crippen LogP contribution in [0.5, 0.6) is 0 Å². The smallest absolute Gasteiger partial charge is 0.226 e. The molecule has 5 heteroatoms. The predicted octanol–water partition coefficient (Wildman–Crippen LogP) is 2.42. The molecule has 1 aromatic rings. The average Bonchev–Trinajstić information content (AvgIpc) is 3.35. The SMILES string of the molecule is CCn1ccnc1CN(C(=O)C1CC1(C)C)C1CC12CCNCC2. The minimum absolute atomic E-state index is 0.186. The summed E-state index contributed by atoms with van der Waals surface area (Å²) in [6.45, 7) is 10.3. The van der Waals surface area contributed by atoms with Gasteiger partial charge in [0.15, 0.2) is 0 Å². The molecule has 0 bridgehead atoms. The van der Waals surface area contributed by atoms with Crippen LogP contribution in [0.4, 0.5) is 0 Å². The van der Waals surface area contributed by atoms with E-state index >= 15 is 0 Å². The quantitative estimate of drug-likeness (QED) is 0.902. The van der Waals surface area contributed by atoms with Gasteiger partial charge in [-0.25, -0.2) is 4.98 Å². The van der Waals surface area contributed by atoms with Gasteiger partial charge in [-0.3, -0.25) is 4.79 Å². The molecule has 1 amide bonds. The Morgan fingerprint density at radius 1 is 1.38 bits per heavy atom. The molecular weight excluding hydrogens is 300 g/mol. The third-order valence-corrected chi connectivity index (χ3v) is 6.67. The Hall–Kier alpha value is -1.36. The zero-order valence-electron chi connectivity index (χ0n) is 15.2. The van der Waals surface area contributed by atoms with Gasteiger partial charge in [-0.2, -0.15) is 0 Å². The van der Waals surface area contributed by atoms with Gasteiger partial charge in [0.1, 0.15) is 5.82 Å². The lowest BCUT2D eigenvalue weighted by Gasteiger charge is -2.30. The number of amides is 1. The highest BCUT2D eigenvalue weighted by atomic mass is 16.2. The highest BCUT2D eigenvalue weighted by molar-refractivity contribution is 5.83. The summed E-state index contributed by atoms with van der Waals surface area (Å²) in [5.74, 6) is 1.60. The molecule has 1 N–H and O–H groups in total. The lowest BCUT2D eigenvalue weighted by atomic mass is 9.93. The van der Waals surface area contributed by atoms with E-state index in [0.717, 1.165) is 31.9 Å². The van der Waals surface area contributed by atoms with Gasteiger partial charge in [-0.05, 0) is 56.5 Å². The molecule has 0 radical (unpaired) electrons. The third-order valence-electron chi connectivity index (χ3n) is 6.67. The molecule has 2 saturated carbocycles. The second-order valence-corrected chi connectivity index (χ2v) is 8.67. The Bertz CT molecular complexity index is 629. The summed E-state index contributed by atoms with van der Waals surface area (Å²) in [5, 5.41) is 3.46. The fourth-order valence-corrected chi connectivity index (χ4v) is 4.59. The Kier molecular flexibility index (Phi) is 3.75. The maximum Gasteiger partial charge on any atom is 0.226 e. The van der Waals surface area contributed by atoms with E-state index in [-0.39, 0.29) is 11.3 Å². The molecule has 24 heavy (non-hydrogen) atoms. The van der Waals surface area contributed by atoms with Crippen LogP contribution < -0.4 is 5.32 Å². The molecular formula is C19H30N4O. The number of piperidine rings is 1. The number of hydrogen-bond donors (Lipinski definition) is 1. The van der Waals surface area contributed by atoms with Crippen LogP contribution >= 0.6 is 0 Å². The van der Waals surface area contributed by atoms with Gasteiger partial charge in [-0.15, -0.1) is 0 Å². The Balaban J connectivity index is 1.55. The van der Waals surface area contributed by atoms with Crippen molar-refractivity contribution >= 4 is 5.91 Å². The summed E-state index contributed by atoms with van der Waals surface area (Å²) >= 11 is 0. The maximum absolute atomic E-state index is 13.2. The lowest BCUT2D eigenvalue weighted by Crippen LogP contribution is -2.40. The summed E-state index contributed by atoms with van der Waals surface area (Å²) in [6.07, 6.45) is 8.50. The van der Waals surface area contributed by atoms with E-state index in [1.165, 1.54) is 19.3 Å². The first-order valence-corrected chi connectivity index (χ1v) is 9.48. The van der Waals surface area contributed by atoms with Crippen LogP contribution in [0.3, 0.4) is 0 Å². The second kappa shape index (κ2) is 5.58. The van der Waals surface area contributed by atoms with Crippen molar-refractivity contribution in [3.05, 3.63) is 18.2 Å². The van der Waals surface area contributed by atoms with Gasteiger partial charge in [-0.1, -0.05) is 13.8 Å². The molecule has 4 rings (SSSR count). The molecule has 1 saturated heterocycles. The fourth-order valence-electron chi connectivity index (χ4n) is 4.59. The summed E-state index contributed by atoms with van der Waals surface area (Å²) in [5.41, 5.74) is 0.565. The lowest BCUT2D eigenvalue weighted by molar-refractivity contribution is -0.135. The average molecular weight is 330 g/mol. The van der Waals surface area contributed by atoms with Crippen molar-refractivity contribution in [2.75, 3.05) is 13.1 Å². The molecule has 1 aliphatic heterocycles. The van der Waals surface area contributed by atoms with Crippen molar-refractivity contribution < 1.29 is 4.79 Å². The standard InChI is InChI=1S/C19H30N4O/c1-4-22-10-9-21-16(22)13-23(17(24)14-11-18(14,2)3)15-12-19(15)5-7-20-8-6-19/h9-10,14-15,20H,4-8,11-13H2,1-3H3. The molecule has 1 spiro atoms. The number of carbonyl (C=O) groups excluding carboxylic acids is 1. The van der Waals surface area contributed by atoms with Gasteiger partial charge < -0.3 is 14.8 Å². The first kappa shape index (κ1) is 16.1. The van der Waals surface area contributed by atoms with E-state index in [2.05, 4.69) is 40.5 Å². The van der Waals surface area contributed by atoms with E-state index in [1.807, 2.05) is 12.4 Å². The van der Waals surface area contributed by atoms with Crippen LogP contribution in [0.2, 0.25) is 0 Å². The summed E-state index contributed by atoms with van der Waals surface area (Å²) in [4.78, 5) is 19.9. The van der Waals surface area contributed by atoms with Crippen molar-refractivity contribution in [3.63, 3.8) is 0 Å². The van der Waals surface area contributed by atoms with E-state index in [0.29, 0.717) is 23.9 Å². The highest BCUT2D eigenvalue weighted by Crippen LogP contribution is 2.59. The Morgan fingerprint density at radius 2 is 2.08 bits per heavy atom. The van der Waals surface area contributed by atoms with Crippen molar-refractivity contribution in [1.29, 1.82) is 0 Å². The zero-order chi connectivity index (χ0) is 16.9. The summed E-state index contributed by atoms with van der Waals surface area (Å²) in [6, 6.07) is 0.422. The van der Waals surface area contributed by atoms with E-state index < -0.39 is 0 Å². The molecule has 2 aliphatic carbocycles. The first-order valence-electron chi connectivity index (χ1n) is 9.48. The normalized spacial score (nSPS) is 29.5. The van der Waals surface area contributed by atoms with Gasteiger partial charge in [0.2, 0.25) is 5.91 Å². The third kappa shape index (κ3) is 2.67.